The van der Waals surface area contributed by atoms with Crippen LogP contribution in [0.15, 0.2) is 17.0 Å². The first kappa shape index (κ1) is 20.7. The van der Waals surface area contributed by atoms with Gasteiger partial charge in [-0.25, -0.2) is 4.79 Å². The standard InChI is InChI=1S/C18H16ClNO6S/c1-4-6-20-17(22)14(27-18(20)23)9-11-7-12(19)16(13(8-11)25-5-2)26-10-15(21)24-3/h1,7-9H,5-6,10H2,2-3H3/b14-9+. The van der Waals surface area contributed by atoms with E-state index in [1.165, 1.54) is 19.3 Å². The van der Waals surface area contributed by atoms with Gasteiger partial charge in [-0.1, -0.05) is 17.5 Å². The van der Waals surface area contributed by atoms with Gasteiger partial charge in [0.05, 0.1) is 30.2 Å². The van der Waals surface area contributed by atoms with Crippen LogP contribution in [0.3, 0.4) is 0 Å². The topological polar surface area (TPSA) is 82.1 Å². The van der Waals surface area contributed by atoms with Crippen molar-refractivity contribution in [3.63, 3.8) is 0 Å². The SMILES string of the molecule is C#CCN1C(=O)S/C(=C/c2cc(Cl)c(OCC(=O)OC)c(OCC)c2)C1=O. The minimum atomic E-state index is -0.570. The summed E-state index contributed by atoms with van der Waals surface area (Å²) in [6, 6.07) is 3.13. The highest BCUT2D eigenvalue weighted by Crippen LogP contribution is 2.39. The Morgan fingerprint density at radius 1 is 1.37 bits per heavy atom. The maximum atomic E-state index is 12.3. The molecule has 0 saturated carbocycles. The summed E-state index contributed by atoms with van der Waals surface area (Å²) in [5.41, 5.74) is 0.528. The number of hydrogen-bond acceptors (Lipinski definition) is 7. The van der Waals surface area contributed by atoms with Crippen molar-refractivity contribution in [2.75, 3.05) is 26.9 Å². The van der Waals surface area contributed by atoms with Gasteiger partial charge in [-0.3, -0.25) is 14.5 Å². The maximum absolute atomic E-state index is 12.3. The molecule has 2 rings (SSSR count). The average molecular weight is 410 g/mol. The predicted octanol–water partition coefficient (Wildman–Crippen LogP) is 2.96. The number of carbonyl (C=O) groups is 3. The number of rotatable bonds is 7. The van der Waals surface area contributed by atoms with Crippen LogP contribution in [0.4, 0.5) is 4.79 Å². The summed E-state index contributed by atoms with van der Waals surface area (Å²) in [6.45, 7) is 1.68. The van der Waals surface area contributed by atoms with Gasteiger partial charge < -0.3 is 14.2 Å². The molecular formula is C18H16ClNO6S. The van der Waals surface area contributed by atoms with Crippen molar-refractivity contribution in [2.24, 2.45) is 0 Å². The molecule has 1 aromatic rings. The summed E-state index contributed by atoms with van der Waals surface area (Å²) < 4.78 is 15.4. The second-order valence-electron chi connectivity index (χ2n) is 5.10. The fourth-order valence-corrected chi connectivity index (χ4v) is 3.26. The fraction of sp³-hybridized carbons (Fsp3) is 0.278. The molecule has 142 valence electrons. The fourth-order valence-electron chi connectivity index (χ4n) is 2.14. The Hall–Kier alpha value is -2.63. The van der Waals surface area contributed by atoms with Crippen molar-refractivity contribution >= 4 is 46.6 Å². The number of esters is 1. The molecular weight excluding hydrogens is 394 g/mol. The number of imide groups is 1. The molecule has 1 aromatic carbocycles. The lowest BCUT2D eigenvalue weighted by Gasteiger charge is -2.14. The van der Waals surface area contributed by atoms with E-state index in [0.717, 1.165) is 16.7 Å². The first-order chi connectivity index (χ1) is 12.9. The number of benzene rings is 1. The monoisotopic (exact) mass is 409 g/mol. The predicted molar refractivity (Wildman–Crippen MR) is 102 cm³/mol. The number of methoxy groups -OCH3 is 1. The van der Waals surface area contributed by atoms with Crippen LogP contribution >= 0.6 is 23.4 Å². The first-order valence-corrected chi connectivity index (χ1v) is 8.95. The molecule has 27 heavy (non-hydrogen) atoms. The molecule has 0 aliphatic carbocycles. The van der Waals surface area contributed by atoms with Crippen LogP contribution in [0.1, 0.15) is 12.5 Å². The quantitative estimate of drug-likeness (QED) is 0.389. The highest BCUT2D eigenvalue weighted by molar-refractivity contribution is 8.18. The van der Waals surface area contributed by atoms with E-state index in [1.807, 2.05) is 0 Å². The lowest BCUT2D eigenvalue weighted by Crippen LogP contribution is -2.28. The summed E-state index contributed by atoms with van der Waals surface area (Å²) in [5, 5.41) is -0.252. The van der Waals surface area contributed by atoms with Gasteiger partial charge in [-0.15, -0.1) is 6.42 Å². The van der Waals surface area contributed by atoms with Gasteiger partial charge in [0.25, 0.3) is 11.1 Å². The molecule has 0 N–H and O–H groups in total. The number of nitrogens with zero attached hydrogens (tertiary/aromatic N) is 1. The van der Waals surface area contributed by atoms with Crippen molar-refractivity contribution in [3.05, 3.63) is 27.6 Å². The number of thioether (sulfide) groups is 1. The normalized spacial score (nSPS) is 15.0. The van der Waals surface area contributed by atoms with Crippen molar-refractivity contribution in [1.82, 2.24) is 4.90 Å². The first-order valence-electron chi connectivity index (χ1n) is 7.76. The molecule has 1 heterocycles. The molecule has 0 atom stereocenters. The molecule has 1 saturated heterocycles. The van der Waals surface area contributed by atoms with Crippen molar-refractivity contribution in [1.29, 1.82) is 0 Å². The van der Waals surface area contributed by atoms with Gasteiger partial charge in [0.2, 0.25) is 0 Å². The molecule has 1 aliphatic heterocycles. The van der Waals surface area contributed by atoms with E-state index >= 15 is 0 Å². The molecule has 1 fully saturated rings. The van der Waals surface area contributed by atoms with Crippen LogP contribution < -0.4 is 9.47 Å². The molecule has 9 heteroatoms. The van der Waals surface area contributed by atoms with Crippen molar-refractivity contribution in [3.8, 4) is 23.8 Å². The smallest absolute Gasteiger partial charge is 0.343 e. The van der Waals surface area contributed by atoms with Crippen molar-refractivity contribution in [2.45, 2.75) is 6.92 Å². The zero-order valence-electron chi connectivity index (χ0n) is 14.6. The molecule has 0 aromatic heterocycles. The zero-order chi connectivity index (χ0) is 20.0. The van der Waals surface area contributed by atoms with Crippen LogP contribution in [0.25, 0.3) is 6.08 Å². The van der Waals surface area contributed by atoms with E-state index in [9.17, 15) is 14.4 Å². The number of hydrogen-bond donors (Lipinski definition) is 0. The number of halogens is 1. The molecule has 0 radical (unpaired) electrons. The second-order valence-corrected chi connectivity index (χ2v) is 6.50. The highest BCUT2D eigenvalue weighted by atomic mass is 35.5. The van der Waals surface area contributed by atoms with Crippen LogP contribution in [0.2, 0.25) is 5.02 Å². The maximum Gasteiger partial charge on any atom is 0.343 e. The third kappa shape index (κ3) is 4.96. The van der Waals surface area contributed by atoms with Crippen LogP contribution in [0.5, 0.6) is 11.5 Å². The van der Waals surface area contributed by atoms with Crippen LogP contribution in [0, 0.1) is 12.3 Å². The highest BCUT2D eigenvalue weighted by Gasteiger charge is 2.34. The number of amides is 2. The van der Waals surface area contributed by atoms with E-state index < -0.39 is 17.1 Å². The lowest BCUT2D eigenvalue weighted by atomic mass is 10.1. The summed E-state index contributed by atoms with van der Waals surface area (Å²) in [6.07, 6.45) is 6.69. The second kappa shape index (κ2) is 9.35. The van der Waals surface area contributed by atoms with Gasteiger partial charge >= 0.3 is 5.97 Å². The van der Waals surface area contributed by atoms with E-state index in [0.29, 0.717) is 17.9 Å². The molecule has 0 unspecified atom stereocenters. The van der Waals surface area contributed by atoms with E-state index in [1.54, 1.807) is 13.0 Å². The lowest BCUT2D eigenvalue weighted by molar-refractivity contribution is -0.142. The van der Waals surface area contributed by atoms with E-state index in [-0.39, 0.29) is 28.8 Å². The molecule has 7 nitrogen and oxygen atoms in total. The van der Waals surface area contributed by atoms with E-state index in [4.69, 9.17) is 27.5 Å². The molecule has 2 amide bonds. The largest absolute Gasteiger partial charge is 0.490 e. The van der Waals surface area contributed by atoms with Crippen LogP contribution in [-0.2, 0) is 14.3 Å². The Morgan fingerprint density at radius 3 is 2.74 bits per heavy atom. The zero-order valence-corrected chi connectivity index (χ0v) is 16.2. The van der Waals surface area contributed by atoms with Gasteiger partial charge in [0.15, 0.2) is 18.1 Å². The minimum absolute atomic E-state index is 0.0900. The minimum Gasteiger partial charge on any atom is -0.490 e. The Labute approximate surface area is 165 Å². The van der Waals surface area contributed by atoms with Gasteiger partial charge in [0.1, 0.15) is 0 Å². The molecule has 1 aliphatic rings. The summed E-state index contributed by atoms with van der Waals surface area (Å²) in [4.78, 5) is 36.6. The third-order valence-electron chi connectivity index (χ3n) is 3.31. The Balaban J connectivity index is 2.33. The summed E-state index contributed by atoms with van der Waals surface area (Å²) >= 11 is 7.03. The Kier molecular flexibility index (Phi) is 7.16. The molecule has 0 bridgehead atoms. The van der Waals surface area contributed by atoms with Gasteiger partial charge in [-0.2, -0.15) is 0 Å². The van der Waals surface area contributed by atoms with Crippen molar-refractivity contribution < 1.29 is 28.6 Å². The number of terminal acetylenes is 1. The average Bonchev–Trinajstić information content (AvgIpc) is 2.89. The van der Waals surface area contributed by atoms with Crippen LogP contribution in [-0.4, -0.2) is 48.9 Å². The summed E-state index contributed by atoms with van der Waals surface area (Å²) in [5.74, 6) is 1.71. The Bertz CT molecular complexity index is 845. The molecule has 0 spiro atoms. The third-order valence-corrected chi connectivity index (χ3v) is 4.50. The number of carbonyl (C=O) groups excluding carboxylic acids is 3. The van der Waals surface area contributed by atoms with E-state index in [2.05, 4.69) is 10.7 Å². The summed E-state index contributed by atoms with van der Waals surface area (Å²) in [7, 11) is 1.24. The number of ether oxygens (including phenoxy) is 3. The van der Waals surface area contributed by atoms with Gasteiger partial charge in [-0.05, 0) is 42.5 Å². The van der Waals surface area contributed by atoms with Gasteiger partial charge in [0, 0.05) is 0 Å². The Morgan fingerprint density at radius 2 is 2.11 bits per heavy atom.